The number of amidine groups is 1. The van der Waals surface area contributed by atoms with Crippen LogP contribution in [0.25, 0.3) is 22.2 Å². The highest BCUT2D eigenvalue weighted by atomic mass is 32.2. The summed E-state index contributed by atoms with van der Waals surface area (Å²) in [5.41, 5.74) is 7.71. The van der Waals surface area contributed by atoms with Crippen molar-refractivity contribution in [2.24, 2.45) is 20.4 Å². The number of nitrogens with one attached hydrogen (secondary N) is 1. The Kier molecular flexibility index (Phi) is 6.57. The summed E-state index contributed by atoms with van der Waals surface area (Å²) < 4.78 is 53.8. The van der Waals surface area contributed by atoms with Gasteiger partial charge in [0, 0.05) is 12.1 Å². The first-order chi connectivity index (χ1) is 17.6. The van der Waals surface area contributed by atoms with E-state index in [4.69, 9.17) is 10.9 Å². The number of piperidine rings is 1. The number of aliphatic imine (C=N–C) groups is 1. The number of sulfone groups is 1. The molecule has 1 saturated heterocycles. The molecule has 0 saturated carbocycles. The number of H-pyrrole nitrogens is 1. The summed E-state index contributed by atoms with van der Waals surface area (Å²) in [6.45, 7) is 1.32. The quantitative estimate of drug-likeness (QED) is 0.333. The number of primary sulfonamides is 1. The van der Waals surface area contributed by atoms with Crippen LogP contribution in [0.4, 0.5) is 5.95 Å². The molecule has 0 bridgehead atoms. The third-order valence-electron chi connectivity index (χ3n) is 6.60. The fraction of sp³-hybridized carbons (Fsp3) is 0.364. The van der Waals surface area contributed by atoms with E-state index < -0.39 is 34.9 Å². The van der Waals surface area contributed by atoms with Crippen molar-refractivity contribution in [1.29, 1.82) is 0 Å². The second-order valence-corrected chi connectivity index (χ2v) is 12.6. The second kappa shape index (κ2) is 9.57. The molecular weight excluding hydrogens is 520 g/mol. The molecule has 5 rings (SSSR count). The molecule has 0 amide bonds. The highest BCUT2D eigenvalue weighted by molar-refractivity contribution is 7.94. The van der Waals surface area contributed by atoms with Crippen LogP contribution < -0.4 is 10.9 Å². The van der Waals surface area contributed by atoms with Crippen LogP contribution in [-0.2, 0) is 19.9 Å². The molecule has 13 nitrogen and oxygen atoms in total. The number of aromatic nitrogens is 2. The van der Waals surface area contributed by atoms with E-state index in [2.05, 4.69) is 25.2 Å². The van der Waals surface area contributed by atoms with E-state index in [1.165, 1.54) is 12.1 Å². The van der Waals surface area contributed by atoms with Gasteiger partial charge in [-0.1, -0.05) is 18.2 Å². The van der Waals surface area contributed by atoms with E-state index in [9.17, 15) is 21.9 Å². The van der Waals surface area contributed by atoms with Crippen LogP contribution >= 0.6 is 0 Å². The van der Waals surface area contributed by atoms with Crippen LogP contribution in [0, 0.1) is 0 Å². The molecular formula is C22H26N8O5S2. The molecule has 0 atom stereocenters. The molecule has 0 radical (unpaired) electrons. The number of fused-ring (bicyclic) bond motifs is 1. The zero-order valence-electron chi connectivity index (χ0n) is 19.7. The van der Waals surface area contributed by atoms with Crippen molar-refractivity contribution < 1.29 is 21.9 Å². The number of nitrogen functional groups attached to an aromatic ring is 1. The predicted octanol–water partition coefficient (Wildman–Crippen LogP) is 0.860. The van der Waals surface area contributed by atoms with Gasteiger partial charge in [0.05, 0.1) is 33.3 Å². The summed E-state index contributed by atoms with van der Waals surface area (Å²) in [7, 11) is -8.70. The van der Waals surface area contributed by atoms with Crippen molar-refractivity contribution >= 4 is 42.7 Å². The number of imidazole rings is 1. The number of likely N-dealkylation sites (tertiary alicyclic amines) is 1. The number of azo groups is 1. The molecule has 2 aliphatic heterocycles. The Balaban J connectivity index is 1.74. The summed E-state index contributed by atoms with van der Waals surface area (Å²) >= 11 is 0. The van der Waals surface area contributed by atoms with Crippen molar-refractivity contribution in [3.05, 3.63) is 35.9 Å². The number of hydrogen-bond donors (Lipinski definition) is 4. The van der Waals surface area contributed by atoms with Crippen molar-refractivity contribution in [2.75, 3.05) is 38.6 Å². The van der Waals surface area contributed by atoms with Crippen LogP contribution in [0.5, 0.6) is 0 Å². The van der Waals surface area contributed by atoms with Gasteiger partial charge in [0.15, 0.2) is 28.3 Å². The van der Waals surface area contributed by atoms with E-state index in [-0.39, 0.29) is 43.5 Å². The van der Waals surface area contributed by atoms with Gasteiger partial charge < -0.3 is 20.7 Å². The zero-order valence-corrected chi connectivity index (χ0v) is 21.3. The van der Waals surface area contributed by atoms with Crippen LogP contribution in [0.1, 0.15) is 18.4 Å². The fourth-order valence-electron chi connectivity index (χ4n) is 4.91. The molecule has 6 N–H and O–H groups in total. The first kappa shape index (κ1) is 25.4. The first-order valence-electron chi connectivity index (χ1n) is 11.5. The average Bonchev–Trinajstić information content (AvgIpc) is 3.52. The highest BCUT2D eigenvalue weighted by Crippen LogP contribution is 2.39. The lowest BCUT2D eigenvalue weighted by Crippen LogP contribution is -2.40. The minimum absolute atomic E-state index is 0.0249. The molecule has 1 fully saturated rings. The summed E-state index contributed by atoms with van der Waals surface area (Å²) in [6, 6.07) is 8.01. The van der Waals surface area contributed by atoms with Gasteiger partial charge >= 0.3 is 0 Å². The van der Waals surface area contributed by atoms with Crippen LogP contribution in [0.3, 0.4) is 0 Å². The lowest BCUT2D eigenvalue weighted by molar-refractivity contribution is 0.174. The summed E-state index contributed by atoms with van der Waals surface area (Å²) in [6.07, 6.45) is 0.575. The SMILES string of the molecule is Nc1nc2c(-c3ccc(S(=O)(=O)C4CCN(CCO)CC4)c(S(N)(=O)=O)c3C3=NCN=N3)cccc2[nH]1. The largest absolute Gasteiger partial charge is 0.395 e. The Morgan fingerprint density at radius 3 is 2.49 bits per heavy atom. The third kappa shape index (κ3) is 4.64. The van der Waals surface area contributed by atoms with Gasteiger partial charge in [0.2, 0.25) is 10.0 Å². The Morgan fingerprint density at radius 2 is 1.84 bits per heavy atom. The minimum Gasteiger partial charge on any atom is -0.395 e. The van der Waals surface area contributed by atoms with Gasteiger partial charge in [-0.25, -0.2) is 32.0 Å². The maximum absolute atomic E-state index is 13.8. The molecule has 3 aromatic rings. The molecule has 0 unspecified atom stereocenters. The zero-order chi connectivity index (χ0) is 26.4. The second-order valence-electron chi connectivity index (χ2n) is 8.86. The monoisotopic (exact) mass is 546 g/mol. The number of aromatic amines is 1. The average molecular weight is 547 g/mol. The Morgan fingerprint density at radius 1 is 1.08 bits per heavy atom. The van der Waals surface area contributed by atoms with Crippen LogP contribution in [-0.4, -0.2) is 80.8 Å². The van der Waals surface area contributed by atoms with Crippen molar-refractivity contribution in [3.63, 3.8) is 0 Å². The van der Waals surface area contributed by atoms with E-state index in [0.717, 1.165) is 0 Å². The molecule has 15 heteroatoms. The smallest absolute Gasteiger partial charge is 0.240 e. The number of hydrogen-bond acceptors (Lipinski definition) is 11. The fourth-order valence-corrected chi connectivity index (χ4v) is 8.25. The Hall–Kier alpha value is -3.24. The standard InChI is InChI=1S/C22H26N8O5S2/c23-22-27-16-3-1-2-15(19(16)28-22)14-4-5-17(20(37(24,34)35)18(14)21-25-12-26-29-21)36(32,33)13-6-8-30(9-7-13)10-11-31/h1-5,13,31H,6-12H2,(H3,23,27,28)(H2,24,34,35). The number of rotatable bonds is 7. The van der Waals surface area contributed by atoms with Gasteiger partial charge in [-0.05, 0) is 43.6 Å². The van der Waals surface area contributed by atoms with E-state index in [1.54, 1.807) is 18.2 Å². The number of para-hydroxylation sites is 1. The number of sulfonamides is 1. The van der Waals surface area contributed by atoms with Crippen molar-refractivity contribution in [3.8, 4) is 11.1 Å². The minimum atomic E-state index is -4.58. The summed E-state index contributed by atoms with van der Waals surface area (Å²) in [5, 5.41) is 21.9. The molecule has 0 spiro atoms. The number of anilines is 1. The van der Waals surface area contributed by atoms with E-state index >= 15 is 0 Å². The topological polar surface area (TPSA) is 210 Å². The summed E-state index contributed by atoms with van der Waals surface area (Å²) in [4.78, 5) is 12.5. The number of aliphatic hydroxyl groups excluding tert-OH is 1. The van der Waals surface area contributed by atoms with Crippen molar-refractivity contribution in [1.82, 2.24) is 14.9 Å². The molecule has 2 aromatic carbocycles. The molecule has 1 aromatic heterocycles. The molecule has 37 heavy (non-hydrogen) atoms. The number of nitrogens with two attached hydrogens (primary N) is 2. The number of benzene rings is 2. The van der Waals surface area contributed by atoms with Gasteiger partial charge in [-0.3, -0.25) is 0 Å². The maximum atomic E-state index is 13.8. The lowest BCUT2D eigenvalue weighted by atomic mass is 9.97. The van der Waals surface area contributed by atoms with Gasteiger partial charge in [0.25, 0.3) is 0 Å². The Bertz CT molecular complexity index is 1640. The molecule has 0 aliphatic carbocycles. The Labute approximate surface area is 213 Å². The number of nitrogens with zero attached hydrogens (tertiary/aromatic N) is 5. The van der Waals surface area contributed by atoms with Gasteiger partial charge in [0.1, 0.15) is 4.90 Å². The first-order valence-corrected chi connectivity index (χ1v) is 14.6. The number of aliphatic hydroxyl groups is 1. The highest BCUT2D eigenvalue weighted by Gasteiger charge is 2.38. The molecule has 2 aliphatic rings. The number of β-amino-alcohol motifs (C(OH)–C–C–N with tert-alkyl or cyclic N) is 1. The van der Waals surface area contributed by atoms with Crippen molar-refractivity contribution in [2.45, 2.75) is 27.9 Å². The lowest BCUT2D eigenvalue weighted by Gasteiger charge is -2.31. The van der Waals surface area contributed by atoms with Gasteiger partial charge in [-0.15, -0.1) is 5.11 Å². The molecule has 196 valence electrons. The van der Waals surface area contributed by atoms with Gasteiger partial charge in [-0.2, -0.15) is 5.11 Å². The predicted molar refractivity (Wildman–Crippen MR) is 137 cm³/mol. The van der Waals surface area contributed by atoms with E-state index in [0.29, 0.717) is 41.8 Å². The molecule has 3 heterocycles. The summed E-state index contributed by atoms with van der Waals surface area (Å²) in [5.74, 6) is 0.134. The van der Waals surface area contributed by atoms with Crippen LogP contribution in [0.2, 0.25) is 0 Å². The maximum Gasteiger partial charge on any atom is 0.240 e. The normalized spacial score (nSPS) is 17.5. The van der Waals surface area contributed by atoms with E-state index in [1.807, 2.05) is 4.90 Å². The third-order valence-corrected chi connectivity index (χ3v) is 10.0. The van der Waals surface area contributed by atoms with Crippen LogP contribution in [0.15, 0.2) is 55.3 Å².